The molecule has 0 saturated carbocycles. The molecule has 0 heteroatoms. The average Bonchev–Trinajstić information content (AvgIpc) is 3.25. The van der Waals surface area contributed by atoms with Crippen LogP contribution in [-0.2, 0) is 0 Å². The monoisotopic (exact) mass is 1060 g/mol. The van der Waals surface area contributed by atoms with Crippen LogP contribution in [-0.4, -0.2) is 0 Å². The van der Waals surface area contributed by atoms with Gasteiger partial charge in [-0.2, -0.15) is 0 Å². The van der Waals surface area contributed by atoms with Gasteiger partial charge in [0, 0.05) is 0 Å². The van der Waals surface area contributed by atoms with E-state index >= 15 is 0 Å². The van der Waals surface area contributed by atoms with Crippen LogP contribution in [0.4, 0.5) is 0 Å². The molecule has 0 aromatic rings. The minimum absolute atomic E-state index is 1.25. The predicted molar refractivity (Wildman–Crippen MR) is 383 cm³/mol. The summed E-state index contributed by atoms with van der Waals surface area (Å²) in [6.45, 7) is 102. The Labute approximate surface area is 484 Å². The summed E-state index contributed by atoms with van der Waals surface area (Å²) in [5, 5.41) is 0. The summed E-state index contributed by atoms with van der Waals surface area (Å²) in [4.78, 5) is 0. The van der Waals surface area contributed by atoms with Crippen LogP contribution >= 0.6 is 0 Å². The second kappa shape index (κ2) is 604. The zero-order valence-electron chi connectivity index (χ0n) is 65.0. The molecule has 0 aliphatic heterocycles. The summed E-state index contributed by atoms with van der Waals surface area (Å²) in [5.41, 5.74) is 0. The van der Waals surface area contributed by atoms with Crippen molar-refractivity contribution in [3.8, 4) is 0 Å². The quantitative estimate of drug-likeness (QED) is 0.227. The number of rotatable bonds is 0. The van der Waals surface area contributed by atoms with Gasteiger partial charge in [-0.15, -0.1) is 0 Å². The first kappa shape index (κ1) is 158. The van der Waals surface area contributed by atoms with E-state index in [1.54, 1.807) is 0 Å². The van der Waals surface area contributed by atoms with E-state index in [1.807, 2.05) is 0 Å². The molecule has 0 nitrogen and oxygen atoms in total. The number of hydrogen-bond acceptors (Lipinski definition) is 0. The Hall–Kier alpha value is 0. The standard InChI is InChI=1S/24C3H8/c24*1-3-2/h24*3H2,1-2H3. The van der Waals surface area contributed by atoms with Crippen LogP contribution in [0.5, 0.6) is 0 Å². The molecule has 0 atom stereocenters. The molecule has 0 radical (unpaired) electrons. The minimum atomic E-state index is 1.25. The molecular weight excluding hydrogens is 865 g/mol. The minimum Gasteiger partial charge on any atom is -0.0656 e. The van der Waals surface area contributed by atoms with Gasteiger partial charge in [0.1, 0.15) is 0 Å². The van der Waals surface area contributed by atoms with E-state index in [1.165, 1.54) is 154 Å². The van der Waals surface area contributed by atoms with Crippen LogP contribution < -0.4 is 0 Å². The fourth-order valence-corrected chi connectivity index (χ4v) is 0. The predicted octanol–water partition coefficient (Wildman–Crippen LogP) is 34.0. The molecule has 0 saturated heterocycles. The largest absolute Gasteiger partial charge is 0.0656 e. The Morgan fingerprint density at radius 3 is 0.0556 bits per heavy atom. The van der Waals surface area contributed by atoms with Gasteiger partial charge in [0.05, 0.1) is 0 Å². The van der Waals surface area contributed by atoms with E-state index in [2.05, 4.69) is 332 Å². The highest BCUT2D eigenvalue weighted by Crippen LogP contribution is 1.63. The zero-order valence-corrected chi connectivity index (χ0v) is 65.0. The lowest BCUT2D eigenvalue weighted by Crippen LogP contribution is -1.27. The highest BCUT2D eigenvalue weighted by atomic mass is 13.5. The van der Waals surface area contributed by atoms with Gasteiger partial charge in [0.15, 0.2) is 0 Å². The van der Waals surface area contributed by atoms with Crippen molar-refractivity contribution in [1.29, 1.82) is 0 Å². The van der Waals surface area contributed by atoms with Crippen LogP contribution in [0, 0.1) is 0 Å². The second-order valence-electron chi connectivity index (χ2n) is 17.0. The lowest BCUT2D eigenvalue weighted by Gasteiger charge is -1.48. The Balaban J connectivity index is -0.0000000152. The summed E-state index contributed by atoms with van der Waals surface area (Å²) in [6.07, 6.45) is 30.0. The molecule has 480 valence electrons. The Morgan fingerprint density at radius 1 is 0.0556 bits per heavy atom. The van der Waals surface area contributed by atoms with Crippen molar-refractivity contribution in [2.75, 3.05) is 0 Å². The van der Waals surface area contributed by atoms with Crippen molar-refractivity contribution in [2.24, 2.45) is 0 Å². The molecule has 0 fully saturated rings. The molecule has 0 N–H and O–H groups in total. The van der Waals surface area contributed by atoms with Crippen LogP contribution in [0.1, 0.15) is 486 Å². The lowest BCUT2D eigenvalue weighted by molar-refractivity contribution is 1.09. The third kappa shape index (κ3) is 0. The van der Waals surface area contributed by atoms with Crippen LogP contribution in [0.3, 0.4) is 0 Å². The Morgan fingerprint density at radius 2 is 0.0556 bits per heavy atom. The van der Waals surface area contributed by atoms with Crippen LogP contribution in [0.25, 0.3) is 0 Å². The highest BCUT2D eigenvalue weighted by molar-refractivity contribution is 3.98. The van der Waals surface area contributed by atoms with Gasteiger partial charge in [-0.1, -0.05) is 486 Å². The third-order valence-electron chi connectivity index (χ3n) is 0. The molecule has 0 spiro atoms. The molecular formula is C72H192. The van der Waals surface area contributed by atoms with Crippen molar-refractivity contribution in [3.05, 3.63) is 0 Å². The first-order valence-corrected chi connectivity index (χ1v) is 33.9. The Kier molecular flexibility index (Phi) is 1320. The van der Waals surface area contributed by atoms with Crippen LogP contribution in [0.2, 0.25) is 0 Å². The summed E-state index contributed by atoms with van der Waals surface area (Å²) in [5.74, 6) is 0. The van der Waals surface area contributed by atoms with E-state index in [9.17, 15) is 0 Å². The van der Waals surface area contributed by atoms with Crippen molar-refractivity contribution >= 4 is 0 Å². The van der Waals surface area contributed by atoms with Gasteiger partial charge in [-0.25, -0.2) is 0 Å². The summed E-state index contributed by atoms with van der Waals surface area (Å²) < 4.78 is 0. The maximum atomic E-state index is 2.12. The maximum absolute atomic E-state index is 2.12. The average molecular weight is 1060 g/mol. The van der Waals surface area contributed by atoms with Gasteiger partial charge in [0.25, 0.3) is 0 Å². The van der Waals surface area contributed by atoms with Crippen molar-refractivity contribution < 1.29 is 0 Å². The smallest absolute Gasteiger partial charge is 0.0590 e. The van der Waals surface area contributed by atoms with Crippen LogP contribution in [0.15, 0.2) is 0 Å². The molecule has 0 amide bonds. The normalized spacial score (nSPS) is 6.00. The molecule has 0 rings (SSSR count). The van der Waals surface area contributed by atoms with Crippen molar-refractivity contribution in [1.82, 2.24) is 0 Å². The van der Waals surface area contributed by atoms with E-state index in [4.69, 9.17) is 0 Å². The molecule has 0 aliphatic carbocycles. The molecule has 72 heavy (non-hydrogen) atoms. The lowest BCUT2D eigenvalue weighted by atomic mass is 10.6. The summed E-state index contributed by atoms with van der Waals surface area (Å²) >= 11 is 0. The summed E-state index contributed by atoms with van der Waals surface area (Å²) in [6, 6.07) is 0. The molecule has 0 aromatic carbocycles. The number of hydrogen-bond donors (Lipinski definition) is 0. The van der Waals surface area contributed by atoms with Gasteiger partial charge >= 0.3 is 0 Å². The van der Waals surface area contributed by atoms with Gasteiger partial charge in [-0.3, -0.25) is 0 Å². The SMILES string of the molecule is CCC.CCC.CCC.CCC.CCC.CCC.CCC.CCC.CCC.CCC.CCC.CCC.CCC.CCC.CCC.CCC.CCC.CCC.CCC.CCC.CCC.CCC.CCC.CCC. The van der Waals surface area contributed by atoms with E-state index in [-0.39, 0.29) is 0 Å². The molecule has 0 bridgehead atoms. The topological polar surface area (TPSA) is 0 Å². The first-order valence-electron chi connectivity index (χ1n) is 33.9. The molecule has 0 heterocycles. The van der Waals surface area contributed by atoms with Crippen molar-refractivity contribution in [3.63, 3.8) is 0 Å². The van der Waals surface area contributed by atoms with E-state index in [0.29, 0.717) is 0 Å². The van der Waals surface area contributed by atoms with Gasteiger partial charge in [-0.05, 0) is 0 Å². The van der Waals surface area contributed by atoms with E-state index < -0.39 is 0 Å². The maximum Gasteiger partial charge on any atom is -0.0590 e. The third-order valence-corrected chi connectivity index (χ3v) is 0. The highest BCUT2D eigenvalue weighted by Gasteiger charge is 1.42. The van der Waals surface area contributed by atoms with Crippen molar-refractivity contribution in [2.45, 2.75) is 486 Å². The van der Waals surface area contributed by atoms with Gasteiger partial charge in [0.2, 0.25) is 0 Å². The summed E-state index contributed by atoms with van der Waals surface area (Å²) in [7, 11) is 0. The Bertz CT molecular complexity index is 110. The molecule has 0 unspecified atom stereocenters. The second-order valence-corrected chi connectivity index (χ2v) is 17.0. The van der Waals surface area contributed by atoms with Gasteiger partial charge < -0.3 is 0 Å². The fourth-order valence-electron chi connectivity index (χ4n) is 0. The first-order chi connectivity index (χ1) is 33.9. The molecule has 0 aliphatic rings. The fraction of sp³-hybridized carbons (Fsp3) is 1.00. The zero-order chi connectivity index (χ0) is 65.0. The van der Waals surface area contributed by atoms with E-state index in [0.717, 1.165) is 0 Å². The molecule has 0 aromatic heterocycles.